The minimum atomic E-state index is 0.472. The average Bonchev–Trinajstić information content (AvgIpc) is 3.28. The van der Waals surface area contributed by atoms with Gasteiger partial charge in [-0.15, -0.1) is 0 Å². The Hall–Kier alpha value is -1.56. The van der Waals surface area contributed by atoms with Crippen LogP contribution in [0.1, 0.15) is 42.5 Å². The second-order valence-corrected chi connectivity index (χ2v) is 7.66. The number of nitrogens with zero attached hydrogens (tertiary/aromatic N) is 2. The zero-order valence-corrected chi connectivity index (χ0v) is 15.7. The van der Waals surface area contributed by atoms with E-state index in [2.05, 4.69) is 33.9 Å². The second-order valence-electron chi connectivity index (χ2n) is 7.66. The van der Waals surface area contributed by atoms with Crippen LogP contribution in [0.3, 0.4) is 0 Å². The van der Waals surface area contributed by atoms with Crippen LogP contribution in [0.2, 0.25) is 0 Å². The van der Waals surface area contributed by atoms with Gasteiger partial charge in [-0.2, -0.15) is 0 Å². The predicted molar refractivity (Wildman–Crippen MR) is 100 cm³/mol. The van der Waals surface area contributed by atoms with Crippen molar-refractivity contribution in [3.8, 4) is 0 Å². The minimum Gasteiger partial charge on any atom is -0.465 e. The highest BCUT2D eigenvalue weighted by Gasteiger charge is 2.25. The third-order valence-corrected chi connectivity index (χ3v) is 5.58. The summed E-state index contributed by atoms with van der Waals surface area (Å²) in [7, 11) is 0. The number of hydrogen-bond donors (Lipinski definition) is 0. The standard InChI is InChI=1S/C21H30N2O3/c1-17-4-5-21(26-17)15-22-13-19-3-2-9-23(19)20(14-22)8-12-25-16-18-6-10-24-11-7-18/h2-5,9,18,20H,6-8,10-16H2,1H3/t20-/m1/s1. The Labute approximate surface area is 155 Å². The molecule has 1 saturated heterocycles. The molecule has 0 saturated carbocycles. The van der Waals surface area contributed by atoms with E-state index < -0.39 is 0 Å². The van der Waals surface area contributed by atoms with Crippen molar-refractivity contribution in [3.05, 3.63) is 47.7 Å². The topological polar surface area (TPSA) is 39.8 Å². The Kier molecular flexibility index (Phi) is 5.78. The van der Waals surface area contributed by atoms with Gasteiger partial charge in [0.25, 0.3) is 0 Å². The van der Waals surface area contributed by atoms with Gasteiger partial charge in [0.2, 0.25) is 0 Å². The lowest BCUT2D eigenvalue weighted by atomic mass is 10.0. The van der Waals surface area contributed by atoms with Gasteiger partial charge in [-0.1, -0.05) is 0 Å². The van der Waals surface area contributed by atoms with Crippen LogP contribution < -0.4 is 0 Å². The van der Waals surface area contributed by atoms with Gasteiger partial charge in [-0.25, -0.2) is 0 Å². The molecule has 0 bridgehead atoms. The smallest absolute Gasteiger partial charge is 0.118 e. The van der Waals surface area contributed by atoms with Gasteiger partial charge in [0, 0.05) is 57.4 Å². The van der Waals surface area contributed by atoms with Crippen LogP contribution in [-0.2, 0) is 22.6 Å². The highest BCUT2D eigenvalue weighted by atomic mass is 16.5. The molecule has 2 aliphatic rings. The lowest BCUT2D eigenvalue weighted by Gasteiger charge is -2.34. The van der Waals surface area contributed by atoms with Crippen LogP contribution in [0, 0.1) is 12.8 Å². The molecule has 0 unspecified atom stereocenters. The van der Waals surface area contributed by atoms with E-state index in [4.69, 9.17) is 13.9 Å². The summed E-state index contributed by atoms with van der Waals surface area (Å²) < 4.78 is 19.6. The summed E-state index contributed by atoms with van der Waals surface area (Å²) in [6.45, 7) is 8.39. The van der Waals surface area contributed by atoms with Crippen LogP contribution >= 0.6 is 0 Å². The van der Waals surface area contributed by atoms with Crippen molar-refractivity contribution in [1.82, 2.24) is 9.47 Å². The Morgan fingerprint density at radius 2 is 2.08 bits per heavy atom. The van der Waals surface area contributed by atoms with E-state index >= 15 is 0 Å². The summed E-state index contributed by atoms with van der Waals surface area (Å²) in [4.78, 5) is 2.48. The first kappa shape index (κ1) is 17.8. The molecule has 0 amide bonds. The zero-order chi connectivity index (χ0) is 17.8. The molecule has 0 aromatic carbocycles. The van der Waals surface area contributed by atoms with Gasteiger partial charge in [-0.05, 0) is 56.4 Å². The van der Waals surface area contributed by atoms with Crippen molar-refractivity contribution in [2.45, 2.75) is 45.3 Å². The van der Waals surface area contributed by atoms with Crippen molar-refractivity contribution in [2.75, 3.05) is 33.0 Å². The van der Waals surface area contributed by atoms with E-state index in [1.807, 2.05) is 13.0 Å². The molecule has 1 atom stereocenters. The molecular weight excluding hydrogens is 328 g/mol. The highest BCUT2D eigenvalue weighted by molar-refractivity contribution is 5.12. The Bertz CT molecular complexity index is 687. The van der Waals surface area contributed by atoms with Gasteiger partial charge >= 0.3 is 0 Å². The van der Waals surface area contributed by atoms with Gasteiger partial charge in [0.1, 0.15) is 11.5 Å². The Morgan fingerprint density at radius 3 is 2.88 bits per heavy atom. The zero-order valence-electron chi connectivity index (χ0n) is 15.7. The monoisotopic (exact) mass is 358 g/mol. The molecule has 2 aliphatic heterocycles. The van der Waals surface area contributed by atoms with Crippen LogP contribution in [0.5, 0.6) is 0 Å². The maximum absolute atomic E-state index is 6.02. The van der Waals surface area contributed by atoms with E-state index in [0.717, 1.165) is 76.8 Å². The van der Waals surface area contributed by atoms with Gasteiger partial charge < -0.3 is 18.5 Å². The summed E-state index contributed by atoms with van der Waals surface area (Å²) in [5, 5.41) is 0. The molecule has 26 heavy (non-hydrogen) atoms. The first-order valence-electron chi connectivity index (χ1n) is 9.87. The molecule has 0 aliphatic carbocycles. The number of aryl methyl sites for hydroxylation is 1. The van der Waals surface area contributed by atoms with Crippen molar-refractivity contribution < 1.29 is 13.9 Å². The molecule has 142 valence electrons. The number of aromatic nitrogens is 1. The number of fused-ring (bicyclic) bond motifs is 1. The fraction of sp³-hybridized carbons (Fsp3) is 0.619. The number of rotatable bonds is 7. The van der Waals surface area contributed by atoms with E-state index in [1.165, 1.54) is 5.69 Å². The van der Waals surface area contributed by atoms with E-state index in [9.17, 15) is 0 Å². The van der Waals surface area contributed by atoms with Gasteiger partial charge in [-0.3, -0.25) is 4.90 Å². The predicted octanol–water partition coefficient (Wildman–Crippen LogP) is 3.78. The van der Waals surface area contributed by atoms with E-state index in [0.29, 0.717) is 12.0 Å². The van der Waals surface area contributed by atoms with Crippen molar-refractivity contribution in [1.29, 1.82) is 0 Å². The Morgan fingerprint density at radius 1 is 1.19 bits per heavy atom. The Balaban J connectivity index is 1.29. The molecular formula is C21H30N2O3. The van der Waals surface area contributed by atoms with Gasteiger partial charge in [0.05, 0.1) is 6.54 Å². The van der Waals surface area contributed by atoms with Crippen LogP contribution in [0.15, 0.2) is 34.9 Å². The number of furan rings is 1. The molecule has 1 fully saturated rings. The molecule has 5 nitrogen and oxygen atoms in total. The maximum atomic E-state index is 6.02. The molecule has 0 spiro atoms. The third-order valence-electron chi connectivity index (χ3n) is 5.58. The fourth-order valence-electron chi connectivity index (χ4n) is 4.12. The number of hydrogen-bond acceptors (Lipinski definition) is 4. The van der Waals surface area contributed by atoms with Crippen LogP contribution in [0.4, 0.5) is 0 Å². The summed E-state index contributed by atoms with van der Waals surface area (Å²) in [6, 6.07) is 9.00. The molecule has 5 heteroatoms. The quantitative estimate of drug-likeness (QED) is 0.706. The second kappa shape index (κ2) is 8.42. The molecule has 0 radical (unpaired) electrons. The van der Waals surface area contributed by atoms with Gasteiger partial charge in [0.15, 0.2) is 0 Å². The first-order valence-corrected chi connectivity index (χ1v) is 9.87. The number of ether oxygens (including phenoxy) is 2. The molecule has 2 aromatic rings. The molecule has 4 heterocycles. The average molecular weight is 358 g/mol. The normalized spacial score (nSPS) is 21.8. The summed E-state index contributed by atoms with van der Waals surface area (Å²) in [6.07, 6.45) is 5.55. The summed E-state index contributed by atoms with van der Waals surface area (Å²) in [5.41, 5.74) is 1.38. The summed E-state index contributed by atoms with van der Waals surface area (Å²) >= 11 is 0. The third kappa shape index (κ3) is 4.40. The molecule has 4 rings (SSSR count). The van der Waals surface area contributed by atoms with Crippen molar-refractivity contribution in [2.24, 2.45) is 5.92 Å². The maximum Gasteiger partial charge on any atom is 0.118 e. The lowest BCUT2D eigenvalue weighted by molar-refractivity contribution is 0.0159. The van der Waals surface area contributed by atoms with Crippen LogP contribution in [0.25, 0.3) is 0 Å². The molecule has 2 aromatic heterocycles. The summed E-state index contributed by atoms with van der Waals surface area (Å²) in [5.74, 6) is 2.71. The first-order chi connectivity index (χ1) is 12.8. The van der Waals surface area contributed by atoms with Crippen molar-refractivity contribution in [3.63, 3.8) is 0 Å². The minimum absolute atomic E-state index is 0.472. The SMILES string of the molecule is Cc1ccc(CN2Cc3cccn3[C@H](CCOCC3CCOCC3)C2)o1. The van der Waals surface area contributed by atoms with E-state index in [1.54, 1.807) is 0 Å². The van der Waals surface area contributed by atoms with Crippen LogP contribution in [-0.4, -0.2) is 42.4 Å². The highest BCUT2D eigenvalue weighted by Crippen LogP contribution is 2.26. The van der Waals surface area contributed by atoms with Crippen molar-refractivity contribution >= 4 is 0 Å². The van der Waals surface area contributed by atoms with E-state index in [-0.39, 0.29) is 0 Å². The lowest BCUT2D eigenvalue weighted by Crippen LogP contribution is -2.37. The molecule has 0 N–H and O–H groups in total. The largest absolute Gasteiger partial charge is 0.465 e. The fourth-order valence-corrected chi connectivity index (χ4v) is 4.12.